The van der Waals surface area contributed by atoms with Gasteiger partial charge in [0.15, 0.2) is 11.5 Å². The van der Waals surface area contributed by atoms with Gasteiger partial charge < -0.3 is 14.5 Å². The lowest BCUT2D eigenvalue weighted by Crippen LogP contribution is -2.07. The molecule has 7 nitrogen and oxygen atoms in total. The number of aromatic nitrogens is 2. The molecule has 0 spiro atoms. The normalized spacial score (nSPS) is 11.2. The average Bonchev–Trinajstić information content (AvgIpc) is 3.00. The number of rotatable bonds is 5. The number of aryl methyl sites for hydroxylation is 1. The third-order valence-corrected chi connectivity index (χ3v) is 3.67. The fourth-order valence-electron chi connectivity index (χ4n) is 2.27. The second kappa shape index (κ2) is 7.97. The molecule has 0 aliphatic heterocycles. The number of ether oxygens (including phenoxy) is 1. The molecule has 0 atom stereocenters. The quantitative estimate of drug-likeness (QED) is 0.628. The molecule has 1 N–H and O–H groups in total. The maximum atomic E-state index is 12.1. The summed E-state index contributed by atoms with van der Waals surface area (Å²) in [5.41, 5.74) is 1.72. The molecule has 2 aromatic heterocycles. The minimum atomic E-state index is -0.666. The van der Waals surface area contributed by atoms with E-state index in [1.54, 1.807) is 32.2 Å². The minimum Gasteiger partial charge on any atom is -0.464 e. The summed E-state index contributed by atoms with van der Waals surface area (Å²) in [5.74, 6) is -0.257. The van der Waals surface area contributed by atoms with Gasteiger partial charge in [-0.2, -0.15) is 0 Å². The van der Waals surface area contributed by atoms with Crippen molar-refractivity contribution in [2.24, 2.45) is 0 Å². The van der Waals surface area contributed by atoms with E-state index in [0.29, 0.717) is 17.0 Å². The first kappa shape index (κ1) is 19.4. The summed E-state index contributed by atoms with van der Waals surface area (Å²) in [6.07, 6.45) is 3.23. The zero-order valence-electron chi connectivity index (χ0n) is 14.8. The van der Waals surface area contributed by atoms with Crippen LogP contribution in [0.5, 0.6) is 0 Å². The van der Waals surface area contributed by atoms with E-state index < -0.39 is 5.97 Å². The fourth-order valence-corrected chi connectivity index (χ4v) is 2.46. The van der Waals surface area contributed by atoms with Gasteiger partial charge in [-0.15, -0.1) is 0 Å². The standard InChI is InChI=1S/C18H18ClN3O4/c1-6-12(10(3)19)16-15(18(24)25-5)22-17(26-16)13-7-14(21-11(4)23)20-8-9(13)2/h6-8H,3H2,1-2,4-5H3,(H,20,21,23)/b12-6+. The molecule has 0 fully saturated rings. The molecule has 26 heavy (non-hydrogen) atoms. The van der Waals surface area contributed by atoms with E-state index in [9.17, 15) is 9.59 Å². The Morgan fingerprint density at radius 2 is 2.12 bits per heavy atom. The van der Waals surface area contributed by atoms with Gasteiger partial charge in [-0.1, -0.05) is 24.3 Å². The van der Waals surface area contributed by atoms with Crippen LogP contribution in [-0.4, -0.2) is 29.0 Å². The highest BCUT2D eigenvalue weighted by Crippen LogP contribution is 2.33. The molecule has 0 saturated carbocycles. The second-order valence-corrected chi connectivity index (χ2v) is 5.82. The minimum absolute atomic E-state index is 0.0188. The Kier molecular flexibility index (Phi) is 5.94. The number of nitrogens with one attached hydrogen (secondary N) is 1. The number of hydrogen-bond acceptors (Lipinski definition) is 6. The zero-order chi connectivity index (χ0) is 19.4. The van der Waals surface area contributed by atoms with Crippen LogP contribution in [-0.2, 0) is 9.53 Å². The third-order valence-electron chi connectivity index (χ3n) is 3.47. The van der Waals surface area contributed by atoms with Gasteiger partial charge in [0, 0.05) is 29.3 Å². The molecule has 2 heterocycles. The highest BCUT2D eigenvalue weighted by atomic mass is 35.5. The summed E-state index contributed by atoms with van der Waals surface area (Å²) in [5, 5.41) is 2.79. The smallest absolute Gasteiger partial charge is 0.360 e. The van der Waals surface area contributed by atoms with E-state index in [2.05, 4.69) is 21.9 Å². The number of carbonyl (C=O) groups is 2. The molecule has 0 unspecified atom stereocenters. The number of amides is 1. The Labute approximate surface area is 155 Å². The predicted molar refractivity (Wildman–Crippen MR) is 98.8 cm³/mol. The first-order valence-electron chi connectivity index (χ1n) is 7.63. The Balaban J connectivity index is 2.65. The molecule has 2 aromatic rings. The van der Waals surface area contributed by atoms with Crippen LogP contribution in [0.4, 0.5) is 5.82 Å². The fraction of sp³-hybridized carbons (Fsp3) is 0.222. The molecule has 1 amide bonds. The van der Waals surface area contributed by atoms with Crippen LogP contribution in [0.2, 0.25) is 0 Å². The highest BCUT2D eigenvalue weighted by Gasteiger charge is 2.25. The maximum absolute atomic E-state index is 12.1. The van der Waals surface area contributed by atoms with E-state index in [4.69, 9.17) is 20.8 Å². The molecule has 2 rings (SSSR count). The Morgan fingerprint density at radius 1 is 1.42 bits per heavy atom. The average molecular weight is 376 g/mol. The van der Waals surface area contributed by atoms with Crippen molar-refractivity contribution in [3.8, 4) is 11.5 Å². The summed E-state index contributed by atoms with van der Waals surface area (Å²) < 4.78 is 10.6. The monoisotopic (exact) mass is 375 g/mol. The number of hydrogen-bond donors (Lipinski definition) is 1. The number of methoxy groups -OCH3 is 1. The van der Waals surface area contributed by atoms with Crippen LogP contribution < -0.4 is 5.32 Å². The van der Waals surface area contributed by atoms with Crippen LogP contribution in [0.15, 0.2) is 34.4 Å². The number of anilines is 1. The number of oxazole rings is 1. The van der Waals surface area contributed by atoms with Gasteiger partial charge in [0.25, 0.3) is 0 Å². The molecule has 8 heteroatoms. The largest absolute Gasteiger partial charge is 0.464 e. The zero-order valence-corrected chi connectivity index (χ0v) is 15.6. The molecular weight excluding hydrogens is 358 g/mol. The van der Waals surface area contributed by atoms with Crippen molar-refractivity contribution in [2.45, 2.75) is 20.8 Å². The van der Waals surface area contributed by atoms with E-state index in [-0.39, 0.29) is 28.3 Å². The summed E-state index contributed by atoms with van der Waals surface area (Å²) in [6, 6.07) is 1.61. The van der Waals surface area contributed by atoms with Gasteiger partial charge in [0.1, 0.15) is 5.82 Å². The van der Waals surface area contributed by atoms with E-state index >= 15 is 0 Å². The van der Waals surface area contributed by atoms with Gasteiger partial charge in [0.05, 0.1) is 7.11 Å². The highest BCUT2D eigenvalue weighted by molar-refractivity contribution is 6.36. The number of allylic oxidation sites excluding steroid dienone is 3. The van der Waals surface area contributed by atoms with Crippen molar-refractivity contribution in [1.82, 2.24) is 9.97 Å². The van der Waals surface area contributed by atoms with Gasteiger partial charge in [-0.25, -0.2) is 14.8 Å². The first-order valence-corrected chi connectivity index (χ1v) is 8.01. The van der Waals surface area contributed by atoms with Crippen molar-refractivity contribution < 1.29 is 18.7 Å². The number of nitrogens with zero attached hydrogens (tertiary/aromatic N) is 2. The van der Waals surface area contributed by atoms with Crippen molar-refractivity contribution >= 4 is 34.9 Å². The maximum Gasteiger partial charge on any atom is 0.360 e. The van der Waals surface area contributed by atoms with Crippen LogP contribution >= 0.6 is 11.6 Å². The molecule has 0 aliphatic rings. The van der Waals surface area contributed by atoms with Gasteiger partial charge in [-0.3, -0.25) is 4.79 Å². The molecule has 0 aromatic carbocycles. The van der Waals surface area contributed by atoms with E-state index in [1.165, 1.54) is 14.0 Å². The SMILES string of the molecule is C=C(Cl)/C(=C\C)c1oc(-c2cc(NC(C)=O)ncc2C)nc1C(=O)OC. The summed E-state index contributed by atoms with van der Waals surface area (Å²) in [6.45, 7) is 8.59. The Morgan fingerprint density at radius 3 is 2.65 bits per heavy atom. The van der Waals surface area contributed by atoms with E-state index in [1.807, 2.05) is 0 Å². The summed E-state index contributed by atoms with van der Waals surface area (Å²) in [7, 11) is 1.25. The second-order valence-electron chi connectivity index (χ2n) is 5.36. The lowest BCUT2D eigenvalue weighted by Gasteiger charge is -2.05. The third kappa shape index (κ3) is 4.00. The molecule has 136 valence electrons. The molecule has 0 radical (unpaired) electrons. The van der Waals surface area contributed by atoms with Crippen molar-refractivity contribution in [3.63, 3.8) is 0 Å². The van der Waals surface area contributed by atoms with Crippen molar-refractivity contribution in [3.05, 3.63) is 47.0 Å². The Bertz CT molecular complexity index is 915. The molecule has 0 aliphatic carbocycles. The van der Waals surface area contributed by atoms with Crippen LogP contribution in [0.3, 0.4) is 0 Å². The lowest BCUT2D eigenvalue weighted by atomic mass is 10.1. The van der Waals surface area contributed by atoms with Crippen molar-refractivity contribution in [1.29, 1.82) is 0 Å². The van der Waals surface area contributed by atoms with Crippen molar-refractivity contribution in [2.75, 3.05) is 12.4 Å². The molecule has 0 saturated heterocycles. The van der Waals surface area contributed by atoms with Crippen LogP contribution in [0, 0.1) is 6.92 Å². The summed E-state index contributed by atoms with van der Waals surface area (Å²) >= 11 is 6.01. The van der Waals surface area contributed by atoms with Crippen LogP contribution in [0.25, 0.3) is 17.0 Å². The van der Waals surface area contributed by atoms with Gasteiger partial charge in [0.2, 0.25) is 11.8 Å². The first-order chi connectivity index (χ1) is 12.3. The summed E-state index contributed by atoms with van der Waals surface area (Å²) in [4.78, 5) is 31.7. The lowest BCUT2D eigenvalue weighted by molar-refractivity contribution is -0.114. The number of carbonyl (C=O) groups excluding carboxylic acids is 2. The van der Waals surface area contributed by atoms with Gasteiger partial charge >= 0.3 is 5.97 Å². The topological polar surface area (TPSA) is 94.3 Å². The van der Waals surface area contributed by atoms with Crippen LogP contribution in [0.1, 0.15) is 35.7 Å². The number of pyridine rings is 1. The Hall–Kier alpha value is -2.93. The van der Waals surface area contributed by atoms with Gasteiger partial charge in [-0.05, 0) is 25.5 Å². The number of halogens is 1. The molecule has 0 bridgehead atoms. The predicted octanol–water partition coefficient (Wildman–Crippen LogP) is 3.95. The number of esters is 1. The molecular formula is C18H18ClN3O4. The van der Waals surface area contributed by atoms with E-state index in [0.717, 1.165) is 5.56 Å².